The summed E-state index contributed by atoms with van der Waals surface area (Å²) in [6.45, 7) is 5.97. The van der Waals surface area contributed by atoms with Crippen molar-refractivity contribution in [3.63, 3.8) is 0 Å². The fraction of sp³-hybridized carbons (Fsp3) is 0.273. The molecule has 0 radical (unpaired) electrons. The molecule has 0 aromatic heterocycles. The molecule has 0 unspecified atom stereocenters. The highest BCUT2D eigenvalue weighted by Crippen LogP contribution is 2.22. The van der Waals surface area contributed by atoms with Crippen LogP contribution in [-0.2, 0) is 0 Å². The van der Waals surface area contributed by atoms with Crippen LogP contribution in [0.2, 0.25) is 19.6 Å². The lowest BCUT2D eigenvalue weighted by Crippen LogP contribution is -2.29. The summed E-state index contributed by atoms with van der Waals surface area (Å²) in [7, 11) is -1.82. The lowest BCUT2D eigenvalue weighted by Gasteiger charge is -2.19. The first kappa shape index (κ1) is 14.2. The van der Waals surface area contributed by atoms with E-state index in [1.807, 2.05) is 19.6 Å². The average Bonchev–Trinajstić information content (AvgIpc) is 2.14. The molecule has 17 heavy (non-hydrogen) atoms. The quantitative estimate of drug-likeness (QED) is 0.628. The molecule has 0 bridgehead atoms. The number of carbonyl (C=O) groups is 2. The molecule has 1 aromatic rings. The SMILES string of the molecule is C[Si](C)(C)Oc1cc(C(=O)Cl)cc(C(=O)Cl)c1. The lowest BCUT2D eigenvalue weighted by molar-refractivity contribution is 0.108. The van der Waals surface area contributed by atoms with E-state index in [0.717, 1.165) is 0 Å². The first-order valence-corrected chi connectivity index (χ1v) is 9.09. The van der Waals surface area contributed by atoms with Crippen molar-refractivity contribution in [1.29, 1.82) is 0 Å². The molecular weight excluding hydrogens is 279 g/mol. The van der Waals surface area contributed by atoms with Crippen LogP contribution in [0, 0.1) is 0 Å². The zero-order valence-electron chi connectivity index (χ0n) is 9.71. The van der Waals surface area contributed by atoms with E-state index in [1.54, 1.807) is 0 Å². The number of benzene rings is 1. The number of halogens is 2. The molecule has 1 aromatic carbocycles. The van der Waals surface area contributed by atoms with Crippen molar-refractivity contribution in [1.82, 2.24) is 0 Å². The molecule has 0 amide bonds. The molecule has 3 nitrogen and oxygen atoms in total. The highest BCUT2D eigenvalue weighted by Gasteiger charge is 2.18. The maximum absolute atomic E-state index is 11.1. The van der Waals surface area contributed by atoms with Crippen molar-refractivity contribution in [3.05, 3.63) is 29.3 Å². The number of hydrogen-bond acceptors (Lipinski definition) is 3. The molecule has 0 saturated carbocycles. The first-order chi connectivity index (χ1) is 7.69. The van der Waals surface area contributed by atoms with Crippen LogP contribution in [0.15, 0.2) is 18.2 Å². The van der Waals surface area contributed by atoms with Crippen molar-refractivity contribution in [2.75, 3.05) is 0 Å². The Kier molecular flexibility index (Phi) is 4.35. The topological polar surface area (TPSA) is 43.4 Å². The minimum Gasteiger partial charge on any atom is -0.544 e. The van der Waals surface area contributed by atoms with Gasteiger partial charge in [-0.3, -0.25) is 9.59 Å². The van der Waals surface area contributed by atoms with Gasteiger partial charge in [0.2, 0.25) is 8.32 Å². The van der Waals surface area contributed by atoms with E-state index in [-0.39, 0.29) is 11.1 Å². The Hall–Kier alpha value is -0.843. The van der Waals surface area contributed by atoms with Crippen LogP contribution >= 0.6 is 23.2 Å². The summed E-state index contributed by atoms with van der Waals surface area (Å²) in [6.07, 6.45) is 0. The molecule has 0 aliphatic rings. The third kappa shape index (κ3) is 4.50. The van der Waals surface area contributed by atoms with E-state index >= 15 is 0 Å². The van der Waals surface area contributed by atoms with Gasteiger partial charge in [0, 0.05) is 11.1 Å². The van der Waals surface area contributed by atoms with Crippen LogP contribution in [-0.4, -0.2) is 18.8 Å². The van der Waals surface area contributed by atoms with Gasteiger partial charge >= 0.3 is 0 Å². The third-order valence-corrected chi connectivity index (χ3v) is 3.07. The van der Waals surface area contributed by atoms with Crippen LogP contribution in [0.25, 0.3) is 0 Å². The predicted molar refractivity (Wildman–Crippen MR) is 70.8 cm³/mol. The van der Waals surface area contributed by atoms with E-state index in [2.05, 4.69) is 0 Å². The Morgan fingerprint density at radius 1 is 1.00 bits per heavy atom. The maximum atomic E-state index is 11.1. The molecule has 0 fully saturated rings. The summed E-state index contributed by atoms with van der Waals surface area (Å²) in [5.74, 6) is 0.444. The second kappa shape index (κ2) is 5.21. The van der Waals surface area contributed by atoms with Crippen LogP contribution in [0.4, 0.5) is 0 Å². The van der Waals surface area contributed by atoms with Crippen molar-refractivity contribution >= 4 is 42.0 Å². The first-order valence-electron chi connectivity index (χ1n) is 4.93. The smallest absolute Gasteiger partial charge is 0.252 e. The minimum absolute atomic E-state index is 0.200. The second-order valence-corrected chi connectivity index (χ2v) is 9.62. The van der Waals surface area contributed by atoms with Crippen LogP contribution < -0.4 is 4.43 Å². The fourth-order valence-corrected chi connectivity index (χ4v) is 2.28. The molecule has 1 rings (SSSR count). The molecule has 0 aliphatic heterocycles. The molecule has 0 N–H and O–H groups in total. The van der Waals surface area contributed by atoms with E-state index < -0.39 is 18.8 Å². The van der Waals surface area contributed by atoms with E-state index in [0.29, 0.717) is 5.75 Å². The minimum atomic E-state index is -1.82. The Morgan fingerprint density at radius 3 is 1.71 bits per heavy atom. The largest absolute Gasteiger partial charge is 0.544 e. The van der Waals surface area contributed by atoms with Gasteiger partial charge in [0.1, 0.15) is 5.75 Å². The maximum Gasteiger partial charge on any atom is 0.252 e. The Labute approximate surface area is 111 Å². The standard InChI is InChI=1S/C11H12Cl2O3Si/c1-17(2,3)16-9-5-7(10(12)14)4-8(6-9)11(13)15/h4-6H,1-3H3. The summed E-state index contributed by atoms with van der Waals surface area (Å²) in [5.41, 5.74) is 0.401. The van der Waals surface area contributed by atoms with E-state index in [1.165, 1.54) is 18.2 Å². The summed E-state index contributed by atoms with van der Waals surface area (Å²) in [6, 6.07) is 4.37. The summed E-state index contributed by atoms with van der Waals surface area (Å²) >= 11 is 10.8. The van der Waals surface area contributed by atoms with Crippen molar-refractivity contribution in [3.8, 4) is 5.75 Å². The van der Waals surface area contributed by atoms with Gasteiger partial charge in [-0.1, -0.05) is 0 Å². The molecular formula is C11H12Cl2O3Si. The van der Waals surface area contributed by atoms with Gasteiger partial charge in [0.25, 0.3) is 10.5 Å². The summed E-state index contributed by atoms with van der Waals surface area (Å²) in [5, 5.41) is -1.30. The number of rotatable bonds is 4. The zero-order chi connectivity index (χ0) is 13.2. The molecule has 6 heteroatoms. The highest BCUT2D eigenvalue weighted by molar-refractivity contribution is 6.71. The van der Waals surface area contributed by atoms with Crippen LogP contribution in [0.3, 0.4) is 0 Å². The summed E-state index contributed by atoms with van der Waals surface area (Å²) in [4.78, 5) is 22.2. The Morgan fingerprint density at radius 2 is 1.41 bits per heavy atom. The van der Waals surface area contributed by atoms with E-state index in [9.17, 15) is 9.59 Å². The number of hydrogen-bond donors (Lipinski definition) is 0. The highest BCUT2D eigenvalue weighted by atomic mass is 35.5. The van der Waals surface area contributed by atoms with Gasteiger partial charge < -0.3 is 4.43 Å². The molecule has 0 heterocycles. The lowest BCUT2D eigenvalue weighted by atomic mass is 10.1. The number of carbonyl (C=O) groups excluding carboxylic acids is 2. The van der Waals surface area contributed by atoms with Crippen molar-refractivity contribution in [2.24, 2.45) is 0 Å². The van der Waals surface area contributed by atoms with Gasteiger partial charge in [-0.05, 0) is 61.0 Å². The second-order valence-electron chi connectivity index (χ2n) is 4.51. The normalized spacial score (nSPS) is 11.1. The Balaban J connectivity index is 3.22. The van der Waals surface area contributed by atoms with Gasteiger partial charge in [-0.25, -0.2) is 0 Å². The molecule has 0 spiro atoms. The molecule has 0 aliphatic carbocycles. The average molecular weight is 291 g/mol. The van der Waals surface area contributed by atoms with Gasteiger partial charge in [-0.2, -0.15) is 0 Å². The van der Waals surface area contributed by atoms with Crippen molar-refractivity contribution < 1.29 is 14.0 Å². The van der Waals surface area contributed by atoms with Gasteiger partial charge in [0.05, 0.1) is 0 Å². The Bertz CT molecular complexity index is 434. The van der Waals surface area contributed by atoms with Crippen LogP contribution in [0.1, 0.15) is 20.7 Å². The predicted octanol–water partition coefficient (Wildman–Crippen LogP) is 3.66. The monoisotopic (exact) mass is 290 g/mol. The van der Waals surface area contributed by atoms with E-state index in [4.69, 9.17) is 27.6 Å². The fourth-order valence-electron chi connectivity index (χ4n) is 1.24. The zero-order valence-corrected chi connectivity index (χ0v) is 12.2. The summed E-state index contributed by atoms with van der Waals surface area (Å²) < 4.78 is 5.70. The molecule has 92 valence electrons. The van der Waals surface area contributed by atoms with Crippen LogP contribution in [0.5, 0.6) is 5.75 Å². The van der Waals surface area contributed by atoms with Crippen molar-refractivity contribution in [2.45, 2.75) is 19.6 Å². The molecule has 0 saturated heterocycles. The molecule has 0 atom stereocenters. The van der Waals surface area contributed by atoms with Gasteiger partial charge in [0.15, 0.2) is 0 Å². The van der Waals surface area contributed by atoms with Gasteiger partial charge in [-0.15, -0.1) is 0 Å². The third-order valence-electron chi connectivity index (χ3n) is 1.78.